The summed E-state index contributed by atoms with van der Waals surface area (Å²) < 4.78 is 15.7. The van der Waals surface area contributed by atoms with Gasteiger partial charge in [-0.1, -0.05) is 0 Å². The molecule has 0 fully saturated rings. The van der Waals surface area contributed by atoms with E-state index in [1.54, 1.807) is 20.9 Å². The van der Waals surface area contributed by atoms with Gasteiger partial charge >= 0.3 is 11.9 Å². The van der Waals surface area contributed by atoms with Crippen molar-refractivity contribution in [2.24, 2.45) is 7.05 Å². The van der Waals surface area contributed by atoms with E-state index in [0.29, 0.717) is 13.0 Å². The zero-order chi connectivity index (χ0) is 21.3. The third-order valence-electron chi connectivity index (χ3n) is 3.61. The molecule has 0 aliphatic carbocycles. The van der Waals surface area contributed by atoms with E-state index < -0.39 is 23.6 Å². The molecule has 1 aliphatic heterocycles. The largest absolute Gasteiger partial charge is 0.503 e. The summed E-state index contributed by atoms with van der Waals surface area (Å²) in [5.41, 5.74) is -0.142. The van der Waals surface area contributed by atoms with Gasteiger partial charge in [0.05, 0.1) is 25.9 Å². The van der Waals surface area contributed by atoms with Gasteiger partial charge in [0.2, 0.25) is 0 Å². The van der Waals surface area contributed by atoms with Gasteiger partial charge in [0.1, 0.15) is 5.56 Å². The van der Waals surface area contributed by atoms with Gasteiger partial charge in [-0.3, -0.25) is 9.59 Å². The lowest BCUT2D eigenvalue weighted by molar-refractivity contribution is -0.139. The Balaban J connectivity index is 0.000000283. The Bertz CT molecular complexity index is 825. The Kier molecular flexibility index (Phi) is 8.73. The van der Waals surface area contributed by atoms with E-state index in [2.05, 4.69) is 10.1 Å². The quantitative estimate of drug-likeness (QED) is 0.686. The Morgan fingerprint density at radius 2 is 1.79 bits per heavy atom. The van der Waals surface area contributed by atoms with E-state index in [4.69, 9.17) is 9.47 Å². The lowest BCUT2D eigenvalue weighted by Gasteiger charge is -2.14. The number of aryl methyl sites for hydroxylation is 1. The molecular formula is C18H24N2O8. The van der Waals surface area contributed by atoms with E-state index in [-0.39, 0.29) is 35.7 Å². The number of carbonyl (C=O) groups excluding carboxylic acids is 3. The number of hydrogen-bond donors (Lipinski definition) is 2. The number of aliphatic hydroxyl groups excluding tert-OH is 1. The highest BCUT2D eigenvalue weighted by molar-refractivity contribution is 6.02. The summed E-state index contributed by atoms with van der Waals surface area (Å²) in [6.07, 6.45) is 1.81. The topological polar surface area (TPSA) is 133 Å². The zero-order valence-corrected chi connectivity index (χ0v) is 16.2. The summed E-state index contributed by atoms with van der Waals surface area (Å²) in [6, 6.07) is 1.50. The molecular weight excluding hydrogens is 372 g/mol. The molecule has 28 heavy (non-hydrogen) atoms. The molecule has 1 aromatic rings. The zero-order valence-electron chi connectivity index (χ0n) is 16.2. The number of aliphatic hydroxyl groups is 1. The first-order valence-electron chi connectivity index (χ1n) is 8.56. The van der Waals surface area contributed by atoms with Gasteiger partial charge in [0.25, 0.3) is 11.5 Å². The molecule has 0 saturated carbocycles. The molecule has 1 aromatic heterocycles. The van der Waals surface area contributed by atoms with Crippen molar-refractivity contribution in [3.63, 3.8) is 0 Å². The van der Waals surface area contributed by atoms with Gasteiger partial charge in [-0.15, -0.1) is 0 Å². The average Bonchev–Trinajstić information content (AvgIpc) is 2.66. The Morgan fingerprint density at radius 1 is 1.18 bits per heavy atom. The van der Waals surface area contributed by atoms with Crippen LogP contribution >= 0.6 is 0 Å². The highest BCUT2D eigenvalue weighted by Gasteiger charge is 2.25. The highest BCUT2D eigenvalue weighted by atomic mass is 16.5. The van der Waals surface area contributed by atoms with Crippen LogP contribution in [-0.2, 0) is 26.1 Å². The van der Waals surface area contributed by atoms with E-state index in [0.717, 1.165) is 0 Å². The van der Waals surface area contributed by atoms with Crippen molar-refractivity contribution in [2.45, 2.75) is 20.3 Å². The van der Waals surface area contributed by atoms with Crippen LogP contribution in [0.3, 0.4) is 0 Å². The Morgan fingerprint density at radius 3 is 2.36 bits per heavy atom. The predicted octanol–water partition coefficient (Wildman–Crippen LogP) is 0.452. The number of hydrogen-bond acceptors (Lipinski definition) is 8. The summed E-state index contributed by atoms with van der Waals surface area (Å²) in [5.74, 6) is -2.29. The van der Waals surface area contributed by atoms with Gasteiger partial charge in [-0.05, 0) is 19.9 Å². The number of methoxy groups -OCH3 is 1. The second kappa shape index (κ2) is 10.8. The molecule has 0 radical (unpaired) electrons. The highest BCUT2D eigenvalue weighted by Crippen LogP contribution is 2.13. The molecule has 0 saturated heterocycles. The second-order valence-corrected chi connectivity index (χ2v) is 5.45. The monoisotopic (exact) mass is 396 g/mol. The number of aromatic nitrogens is 1. The van der Waals surface area contributed by atoms with Gasteiger partial charge < -0.3 is 29.2 Å². The number of nitrogens with one attached hydrogen (secondary N) is 1. The SMILES string of the molecule is CCOC(=O)C1=C(O)C(=O)NCC1.CCOC(=O)c1ccn(C)c(=O)c1OC. The molecule has 2 heterocycles. The van der Waals surface area contributed by atoms with Gasteiger partial charge in [-0.25, -0.2) is 9.59 Å². The van der Waals surface area contributed by atoms with Crippen molar-refractivity contribution in [1.29, 1.82) is 0 Å². The molecule has 0 spiro atoms. The summed E-state index contributed by atoms with van der Waals surface area (Å²) in [5, 5.41) is 11.6. The molecule has 10 nitrogen and oxygen atoms in total. The first-order valence-corrected chi connectivity index (χ1v) is 8.56. The fourth-order valence-corrected chi connectivity index (χ4v) is 2.23. The maximum Gasteiger partial charge on any atom is 0.342 e. The molecule has 0 atom stereocenters. The third kappa shape index (κ3) is 5.60. The summed E-state index contributed by atoms with van der Waals surface area (Å²) in [4.78, 5) is 45.0. The van der Waals surface area contributed by atoms with Crippen LogP contribution in [0.4, 0.5) is 0 Å². The maximum atomic E-state index is 11.6. The number of pyridine rings is 1. The second-order valence-electron chi connectivity index (χ2n) is 5.45. The van der Waals surface area contributed by atoms with Crippen LogP contribution in [0.15, 0.2) is 28.4 Å². The first kappa shape index (κ1) is 22.7. The summed E-state index contributed by atoms with van der Waals surface area (Å²) >= 11 is 0. The third-order valence-corrected chi connectivity index (χ3v) is 3.61. The standard InChI is InChI=1S/C10H13NO4.C8H11NO4/c1-4-15-10(13)7-5-6-11(2)9(12)8(7)14-3;1-2-13-8(12)5-3-4-9-7(11)6(5)10/h5-6H,4H2,1-3H3;10H,2-4H2,1H3,(H,9,11). The number of carbonyl (C=O) groups is 3. The van der Waals surface area contributed by atoms with Crippen LogP contribution in [0.1, 0.15) is 30.6 Å². The molecule has 154 valence electrons. The molecule has 0 unspecified atom stereocenters. The number of esters is 2. The molecule has 2 N–H and O–H groups in total. The molecule has 10 heteroatoms. The van der Waals surface area contributed by atoms with Crippen LogP contribution in [-0.4, -0.2) is 54.4 Å². The van der Waals surface area contributed by atoms with E-state index in [9.17, 15) is 24.3 Å². The smallest absolute Gasteiger partial charge is 0.342 e. The van der Waals surface area contributed by atoms with E-state index >= 15 is 0 Å². The Labute approximate surface area is 161 Å². The minimum atomic E-state index is -0.616. The van der Waals surface area contributed by atoms with Crippen LogP contribution in [0.5, 0.6) is 5.75 Å². The van der Waals surface area contributed by atoms with E-state index in [1.807, 2.05) is 0 Å². The lowest BCUT2D eigenvalue weighted by Crippen LogP contribution is -2.33. The number of ether oxygens (including phenoxy) is 3. The van der Waals surface area contributed by atoms with Crippen molar-refractivity contribution in [2.75, 3.05) is 26.9 Å². The van der Waals surface area contributed by atoms with Crippen molar-refractivity contribution in [3.05, 3.63) is 39.5 Å². The van der Waals surface area contributed by atoms with Crippen LogP contribution < -0.4 is 15.6 Å². The lowest BCUT2D eigenvalue weighted by atomic mass is 10.1. The maximum absolute atomic E-state index is 11.6. The molecule has 0 bridgehead atoms. The van der Waals surface area contributed by atoms with Crippen LogP contribution in [0, 0.1) is 0 Å². The summed E-state index contributed by atoms with van der Waals surface area (Å²) in [6.45, 7) is 4.22. The number of amides is 1. The molecule has 0 aromatic carbocycles. The van der Waals surface area contributed by atoms with Gasteiger partial charge in [0, 0.05) is 26.2 Å². The first-order chi connectivity index (χ1) is 13.3. The summed E-state index contributed by atoms with van der Waals surface area (Å²) in [7, 11) is 2.93. The van der Waals surface area contributed by atoms with Crippen LogP contribution in [0.25, 0.3) is 0 Å². The van der Waals surface area contributed by atoms with E-state index in [1.165, 1.54) is 23.9 Å². The fourth-order valence-electron chi connectivity index (χ4n) is 2.23. The average molecular weight is 396 g/mol. The van der Waals surface area contributed by atoms with Gasteiger partial charge in [-0.2, -0.15) is 0 Å². The molecule has 1 amide bonds. The van der Waals surface area contributed by atoms with Crippen molar-refractivity contribution < 1.29 is 33.7 Å². The van der Waals surface area contributed by atoms with Crippen LogP contribution in [0.2, 0.25) is 0 Å². The normalized spacial score (nSPS) is 13.1. The minimum Gasteiger partial charge on any atom is -0.503 e. The number of nitrogens with zero attached hydrogens (tertiary/aromatic N) is 1. The predicted molar refractivity (Wildman–Crippen MR) is 98.1 cm³/mol. The van der Waals surface area contributed by atoms with Crippen molar-refractivity contribution in [3.8, 4) is 5.75 Å². The van der Waals surface area contributed by atoms with Crippen molar-refractivity contribution in [1.82, 2.24) is 9.88 Å². The minimum absolute atomic E-state index is 0.0125. The fraction of sp³-hybridized carbons (Fsp3) is 0.444. The number of rotatable bonds is 5. The van der Waals surface area contributed by atoms with Crippen molar-refractivity contribution >= 4 is 17.8 Å². The molecule has 1 aliphatic rings. The van der Waals surface area contributed by atoms with Gasteiger partial charge in [0.15, 0.2) is 11.5 Å². The molecule has 2 rings (SSSR count). The Hall–Kier alpha value is -3.30.